The quantitative estimate of drug-likeness (QED) is 0.676. The van der Waals surface area contributed by atoms with Gasteiger partial charge in [-0.1, -0.05) is 36.4 Å². The zero-order chi connectivity index (χ0) is 19.1. The zero-order valence-electron chi connectivity index (χ0n) is 15.0. The van der Waals surface area contributed by atoms with Gasteiger partial charge in [0.1, 0.15) is 6.04 Å². The van der Waals surface area contributed by atoms with Crippen LogP contribution in [-0.2, 0) is 11.2 Å². The summed E-state index contributed by atoms with van der Waals surface area (Å²) in [6, 6.07) is 15.5. The molecule has 3 aromatic rings. The number of hydrogen-bond donors (Lipinski definition) is 2. The lowest BCUT2D eigenvalue weighted by atomic mass is 10.0. The first kappa shape index (κ1) is 18.4. The number of hydrogen-bond acceptors (Lipinski definition) is 4. The van der Waals surface area contributed by atoms with E-state index in [1.807, 2.05) is 49.4 Å². The molecule has 0 saturated heterocycles. The molecule has 0 radical (unpaired) electrons. The van der Waals surface area contributed by atoms with Crippen molar-refractivity contribution in [1.29, 1.82) is 0 Å². The van der Waals surface area contributed by atoms with E-state index in [9.17, 15) is 9.59 Å². The molecule has 0 unspecified atom stereocenters. The molecule has 0 aliphatic heterocycles. The summed E-state index contributed by atoms with van der Waals surface area (Å²) >= 11 is 0. The number of nitrogens with zero attached hydrogens (tertiary/aromatic N) is 1. The van der Waals surface area contributed by atoms with Gasteiger partial charge in [-0.25, -0.2) is 0 Å². The molecule has 3 rings (SSSR count). The minimum absolute atomic E-state index is 0.168. The maximum Gasteiger partial charge on any atom is 0.287 e. The van der Waals surface area contributed by atoms with Crippen LogP contribution in [0.25, 0.3) is 0 Å². The Hall–Kier alpha value is -3.41. The van der Waals surface area contributed by atoms with Crippen molar-refractivity contribution in [2.45, 2.75) is 25.4 Å². The molecule has 138 valence electrons. The highest BCUT2D eigenvalue weighted by Crippen LogP contribution is 2.12. The molecular formula is C21H21N3O3. The van der Waals surface area contributed by atoms with Gasteiger partial charge < -0.3 is 15.1 Å². The van der Waals surface area contributed by atoms with E-state index in [2.05, 4.69) is 15.6 Å². The second-order valence-electron chi connectivity index (χ2n) is 6.21. The second kappa shape index (κ2) is 8.80. The molecule has 27 heavy (non-hydrogen) atoms. The fourth-order valence-electron chi connectivity index (χ4n) is 2.73. The van der Waals surface area contributed by atoms with Crippen molar-refractivity contribution < 1.29 is 14.0 Å². The third kappa shape index (κ3) is 5.04. The Morgan fingerprint density at radius 2 is 1.85 bits per heavy atom. The van der Waals surface area contributed by atoms with Crippen LogP contribution in [0.15, 0.2) is 77.7 Å². The van der Waals surface area contributed by atoms with E-state index >= 15 is 0 Å². The minimum Gasteiger partial charge on any atom is -0.459 e. The molecule has 6 nitrogen and oxygen atoms in total. The number of amides is 2. The van der Waals surface area contributed by atoms with Gasteiger partial charge >= 0.3 is 0 Å². The molecule has 2 amide bonds. The summed E-state index contributed by atoms with van der Waals surface area (Å²) in [7, 11) is 0. The average Bonchev–Trinajstić information content (AvgIpc) is 3.24. The van der Waals surface area contributed by atoms with Crippen LogP contribution in [0.5, 0.6) is 0 Å². The summed E-state index contributed by atoms with van der Waals surface area (Å²) in [4.78, 5) is 29.3. The molecule has 2 aromatic heterocycles. The predicted octanol–water partition coefficient (Wildman–Crippen LogP) is 2.89. The first-order valence-corrected chi connectivity index (χ1v) is 8.72. The fraction of sp³-hybridized carbons (Fsp3) is 0.190. The van der Waals surface area contributed by atoms with Crippen molar-refractivity contribution in [2.75, 3.05) is 0 Å². The summed E-state index contributed by atoms with van der Waals surface area (Å²) < 4.78 is 5.12. The lowest BCUT2D eigenvalue weighted by Crippen LogP contribution is -2.48. The normalized spacial score (nSPS) is 12.8. The molecule has 1 aromatic carbocycles. The summed E-state index contributed by atoms with van der Waals surface area (Å²) in [5.74, 6) is -0.526. The third-order valence-electron chi connectivity index (χ3n) is 4.19. The Balaban J connectivity index is 1.73. The molecule has 0 bridgehead atoms. The Labute approximate surface area is 157 Å². The number of benzene rings is 1. The smallest absolute Gasteiger partial charge is 0.287 e. The van der Waals surface area contributed by atoms with E-state index in [1.165, 1.54) is 6.26 Å². The van der Waals surface area contributed by atoms with Crippen molar-refractivity contribution in [3.63, 3.8) is 0 Å². The SMILES string of the molecule is C[C@H](NC(=O)[C@@H](Cc1ccccc1)NC(=O)c1ccco1)c1cccnc1. The fourth-order valence-corrected chi connectivity index (χ4v) is 2.73. The monoisotopic (exact) mass is 363 g/mol. The number of pyridine rings is 1. The number of furan rings is 1. The molecule has 2 N–H and O–H groups in total. The standard InChI is InChI=1S/C21H21N3O3/c1-15(17-9-5-11-22-14-17)23-20(25)18(13-16-7-3-2-4-8-16)24-21(26)19-10-6-12-27-19/h2-12,14-15,18H,13H2,1H3,(H,23,25)(H,24,26)/t15-,18+/m0/s1. The van der Waals surface area contributed by atoms with Crippen LogP contribution < -0.4 is 10.6 Å². The van der Waals surface area contributed by atoms with Crippen LogP contribution in [0, 0.1) is 0 Å². The van der Waals surface area contributed by atoms with Gasteiger partial charge in [0.2, 0.25) is 5.91 Å². The zero-order valence-corrected chi connectivity index (χ0v) is 15.0. The molecule has 0 spiro atoms. The van der Waals surface area contributed by atoms with Gasteiger partial charge in [-0.3, -0.25) is 14.6 Å². The minimum atomic E-state index is -0.732. The Morgan fingerprint density at radius 3 is 2.52 bits per heavy atom. The van der Waals surface area contributed by atoms with Crippen molar-refractivity contribution in [2.24, 2.45) is 0 Å². The number of carbonyl (C=O) groups is 2. The Morgan fingerprint density at radius 1 is 1.04 bits per heavy atom. The third-order valence-corrected chi connectivity index (χ3v) is 4.19. The van der Waals surface area contributed by atoms with Crippen molar-refractivity contribution in [1.82, 2.24) is 15.6 Å². The molecule has 6 heteroatoms. The molecule has 0 fully saturated rings. The molecule has 0 saturated carbocycles. The van der Waals surface area contributed by atoms with Crippen molar-refractivity contribution in [3.8, 4) is 0 Å². The molecular weight excluding hydrogens is 342 g/mol. The first-order chi connectivity index (χ1) is 13.1. The predicted molar refractivity (Wildman–Crippen MR) is 101 cm³/mol. The van der Waals surface area contributed by atoms with Gasteiger partial charge in [-0.05, 0) is 36.2 Å². The van der Waals surface area contributed by atoms with Crippen LogP contribution in [0.1, 0.15) is 34.6 Å². The van der Waals surface area contributed by atoms with Crippen LogP contribution in [0.3, 0.4) is 0 Å². The largest absolute Gasteiger partial charge is 0.459 e. The second-order valence-corrected chi connectivity index (χ2v) is 6.21. The molecule has 2 heterocycles. The van der Waals surface area contributed by atoms with Gasteiger partial charge in [-0.2, -0.15) is 0 Å². The van der Waals surface area contributed by atoms with Crippen LogP contribution in [-0.4, -0.2) is 22.8 Å². The molecule has 2 atom stereocenters. The lowest BCUT2D eigenvalue weighted by Gasteiger charge is -2.21. The highest BCUT2D eigenvalue weighted by atomic mass is 16.3. The van der Waals surface area contributed by atoms with Gasteiger partial charge in [0.05, 0.1) is 12.3 Å². The van der Waals surface area contributed by atoms with Gasteiger partial charge in [0.15, 0.2) is 5.76 Å². The van der Waals surface area contributed by atoms with E-state index in [0.717, 1.165) is 11.1 Å². The van der Waals surface area contributed by atoms with Gasteiger partial charge in [0, 0.05) is 18.8 Å². The van der Waals surface area contributed by atoms with E-state index in [0.29, 0.717) is 6.42 Å². The van der Waals surface area contributed by atoms with E-state index < -0.39 is 11.9 Å². The number of carbonyl (C=O) groups excluding carboxylic acids is 2. The first-order valence-electron chi connectivity index (χ1n) is 8.72. The van der Waals surface area contributed by atoms with E-state index in [-0.39, 0.29) is 17.7 Å². The highest BCUT2D eigenvalue weighted by molar-refractivity contribution is 5.95. The average molecular weight is 363 g/mol. The molecule has 0 aliphatic rings. The number of aromatic nitrogens is 1. The maximum absolute atomic E-state index is 12.9. The number of nitrogens with one attached hydrogen (secondary N) is 2. The van der Waals surface area contributed by atoms with Gasteiger partial charge in [-0.15, -0.1) is 0 Å². The number of rotatable bonds is 7. The highest BCUT2D eigenvalue weighted by Gasteiger charge is 2.24. The summed E-state index contributed by atoms with van der Waals surface area (Å²) in [6.45, 7) is 1.88. The maximum atomic E-state index is 12.9. The Kier molecular flexibility index (Phi) is 5.99. The molecule has 0 aliphatic carbocycles. The van der Waals surface area contributed by atoms with Crippen molar-refractivity contribution in [3.05, 3.63) is 90.1 Å². The topological polar surface area (TPSA) is 84.2 Å². The van der Waals surface area contributed by atoms with Crippen molar-refractivity contribution >= 4 is 11.8 Å². The van der Waals surface area contributed by atoms with Gasteiger partial charge in [0.25, 0.3) is 5.91 Å². The van der Waals surface area contributed by atoms with Crippen LogP contribution in [0.4, 0.5) is 0 Å². The summed E-state index contributed by atoms with van der Waals surface area (Å²) in [5.41, 5.74) is 1.84. The lowest BCUT2D eigenvalue weighted by molar-refractivity contribution is -0.123. The van der Waals surface area contributed by atoms with E-state index in [4.69, 9.17) is 4.42 Å². The van der Waals surface area contributed by atoms with E-state index in [1.54, 1.807) is 24.5 Å². The Bertz CT molecular complexity index is 864. The summed E-state index contributed by atoms with van der Waals surface area (Å²) in [6.07, 6.45) is 5.18. The summed E-state index contributed by atoms with van der Waals surface area (Å²) in [5, 5.41) is 5.71. The van der Waals surface area contributed by atoms with Crippen LogP contribution >= 0.6 is 0 Å². The van der Waals surface area contributed by atoms with Crippen LogP contribution in [0.2, 0.25) is 0 Å².